The highest BCUT2D eigenvalue weighted by Crippen LogP contribution is 2.53. The summed E-state index contributed by atoms with van der Waals surface area (Å²) in [5.41, 5.74) is 0.777. The number of Topliss-reactive ketones (excluding diaryl/α,β-unsaturated/α-hetero) is 1. The lowest BCUT2D eigenvalue weighted by molar-refractivity contribution is -0.140. The molecule has 2 aromatic rings. The minimum atomic E-state index is -0.747. The molecule has 30 heavy (non-hydrogen) atoms. The number of hydrogen-bond acceptors (Lipinski definition) is 5. The van der Waals surface area contributed by atoms with Gasteiger partial charge in [-0.3, -0.25) is 14.4 Å². The predicted molar refractivity (Wildman–Crippen MR) is 110 cm³/mol. The van der Waals surface area contributed by atoms with Gasteiger partial charge in [0.1, 0.15) is 22.6 Å². The highest BCUT2D eigenvalue weighted by molar-refractivity contribution is 6.50. The normalized spacial score (nSPS) is 28.3. The molecule has 3 fully saturated rings. The molecule has 2 aromatic heterocycles. The topological polar surface area (TPSA) is 97.2 Å². The van der Waals surface area contributed by atoms with E-state index in [1.54, 1.807) is 23.2 Å². The van der Waals surface area contributed by atoms with Crippen LogP contribution in [0.2, 0.25) is 0 Å². The largest absolute Gasteiger partial charge is 0.354 e. The van der Waals surface area contributed by atoms with Crippen molar-refractivity contribution in [3.63, 3.8) is 0 Å². The third kappa shape index (κ3) is 3.36. The van der Waals surface area contributed by atoms with Crippen molar-refractivity contribution in [2.24, 2.45) is 11.8 Å². The van der Waals surface area contributed by atoms with E-state index >= 15 is 0 Å². The maximum Gasteiger partial charge on any atom is 0.245 e. The van der Waals surface area contributed by atoms with E-state index in [4.69, 9.17) is 23.2 Å². The number of carbonyl (C=O) groups excluding carboxylic acids is 3. The van der Waals surface area contributed by atoms with E-state index in [2.05, 4.69) is 15.4 Å². The molecule has 2 amide bonds. The highest BCUT2D eigenvalue weighted by Gasteiger charge is 2.56. The number of carbonyl (C=O) groups is 3. The van der Waals surface area contributed by atoms with Gasteiger partial charge in [-0.15, -0.1) is 23.2 Å². The van der Waals surface area contributed by atoms with Crippen LogP contribution in [0.3, 0.4) is 0 Å². The minimum absolute atomic E-state index is 0.0522. The van der Waals surface area contributed by atoms with Crippen molar-refractivity contribution in [3.8, 4) is 0 Å². The Morgan fingerprint density at radius 2 is 2.07 bits per heavy atom. The molecule has 2 aliphatic carbocycles. The smallest absolute Gasteiger partial charge is 0.245 e. The Hall–Kier alpha value is -2.19. The third-order valence-corrected chi connectivity index (χ3v) is 7.22. The molecule has 4 atom stereocenters. The van der Waals surface area contributed by atoms with Crippen LogP contribution in [0, 0.1) is 11.8 Å². The van der Waals surface area contributed by atoms with Gasteiger partial charge in [-0.2, -0.15) is 5.10 Å². The molecule has 0 aromatic carbocycles. The third-order valence-electron chi connectivity index (χ3n) is 6.30. The van der Waals surface area contributed by atoms with Crippen molar-refractivity contribution < 1.29 is 14.4 Å². The first-order valence-electron chi connectivity index (χ1n) is 10.1. The van der Waals surface area contributed by atoms with E-state index in [0.717, 1.165) is 6.42 Å². The second-order valence-corrected chi connectivity index (χ2v) is 10.0. The SMILES string of the molecule is CC(=O)c1nn(CC(=O)N2[C@@H]3C[C@@H]3C[C@H]2C(=O)NC[C@H]2CC2(Cl)Cl)c2ncccc12. The van der Waals surface area contributed by atoms with Gasteiger partial charge in [-0.1, -0.05) is 0 Å². The number of likely N-dealkylation sites (tertiary alicyclic amines) is 1. The lowest BCUT2D eigenvalue weighted by Crippen LogP contribution is -2.49. The fourth-order valence-electron chi connectivity index (χ4n) is 4.47. The van der Waals surface area contributed by atoms with Crippen LogP contribution in [0.4, 0.5) is 0 Å². The highest BCUT2D eigenvalue weighted by atomic mass is 35.5. The molecule has 2 saturated carbocycles. The van der Waals surface area contributed by atoms with Crippen molar-refractivity contribution in [3.05, 3.63) is 24.0 Å². The minimum Gasteiger partial charge on any atom is -0.354 e. The number of alkyl halides is 2. The summed E-state index contributed by atoms with van der Waals surface area (Å²) in [5, 5.41) is 7.84. The number of nitrogens with one attached hydrogen (secondary N) is 1. The van der Waals surface area contributed by atoms with Crippen molar-refractivity contribution in [2.45, 2.75) is 49.1 Å². The Morgan fingerprint density at radius 3 is 2.77 bits per heavy atom. The summed E-state index contributed by atoms with van der Waals surface area (Å²) in [4.78, 5) is 43.8. The van der Waals surface area contributed by atoms with Gasteiger partial charge in [-0.05, 0) is 37.3 Å². The molecule has 3 heterocycles. The van der Waals surface area contributed by atoms with Crippen LogP contribution < -0.4 is 5.32 Å². The van der Waals surface area contributed by atoms with Crippen molar-refractivity contribution in [1.29, 1.82) is 0 Å². The standard InChI is InChI=1S/C20H21Cl2N5O3/c1-10(28)17-13-3-2-4-23-18(13)26(25-17)9-16(29)27-14-5-11(14)6-15(27)19(30)24-8-12-7-20(12,21)22/h2-4,11-12,14-15H,5-9H2,1H3,(H,24,30)/t11-,12-,14-,15+/m1/s1. The molecule has 1 N–H and O–H groups in total. The lowest BCUT2D eigenvalue weighted by Gasteiger charge is -2.27. The first-order chi connectivity index (χ1) is 14.3. The summed E-state index contributed by atoms with van der Waals surface area (Å²) in [6.07, 6.45) is 3.84. The predicted octanol–water partition coefficient (Wildman–Crippen LogP) is 1.93. The Morgan fingerprint density at radius 1 is 1.30 bits per heavy atom. The number of hydrogen-bond donors (Lipinski definition) is 1. The number of fused-ring (bicyclic) bond motifs is 2. The Labute approximate surface area is 182 Å². The molecule has 1 aliphatic heterocycles. The van der Waals surface area contributed by atoms with Gasteiger partial charge in [0, 0.05) is 31.6 Å². The zero-order valence-electron chi connectivity index (χ0n) is 16.3. The van der Waals surface area contributed by atoms with E-state index in [-0.39, 0.29) is 36.1 Å². The van der Waals surface area contributed by atoms with Crippen LogP contribution >= 0.6 is 23.2 Å². The Kier molecular flexibility index (Phi) is 4.56. The summed E-state index contributed by atoms with van der Waals surface area (Å²) < 4.78 is 0.710. The molecule has 158 valence electrons. The maximum absolute atomic E-state index is 13.2. The number of halogens is 2. The Balaban J connectivity index is 1.32. The number of nitrogens with zero attached hydrogens (tertiary/aromatic N) is 4. The molecular formula is C20H21Cl2N5O3. The number of aromatic nitrogens is 3. The quantitative estimate of drug-likeness (QED) is 0.536. The molecule has 5 rings (SSSR count). The molecule has 0 spiro atoms. The Bertz CT molecular complexity index is 1070. The van der Waals surface area contributed by atoms with Gasteiger partial charge in [0.15, 0.2) is 11.4 Å². The molecule has 0 radical (unpaired) electrons. The van der Waals surface area contributed by atoms with E-state index < -0.39 is 10.4 Å². The van der Waals surface area contributed by atoms with Crippen LogP contribution in [0.1, 0.15) is 36.7 Å². The summed E-state index contributed by atoms with van der Waals surface area (Å²) in [6, 6.07) is 3.09. The van der Waals surface area contributed by atoms with Crippen LogP contribution in [0.25, 0.3) is 11.0 Å². The number of amides is 2. The van der Waals surface area contributed by atoms with Crippen molar-refractivity contribution >= 4 is 51.8 Å². The first-order valence-corrected chi connectivity index (χ1v) is 10.8. The molecule has 1 saturated heterocycles. The van der Waals surface area contributed by atoms with Crippen LogP contribution in [0.5, 0.6) is 0 Å². The summed E-state index contributed by atoms with van der Waals surface area (Å²) >= 11 is 12.1. The van der Waals surface area contributed by atoms with Crippen LogP contribution in [0.15, 0.2) is 18.3 Å². The second-order valence-electron chi connectivity index (χ2n) is 8.46. The molecular weight excluding hydrogens is 429 g/mol. The first kappa shape index (κ1) is 19.8. The fraction of sp³-hybridized carbons (Fsp3) is 0.550. The summed E-state index contributed by atoms with van der Waals surface area (Å²) in [6.45, 7) is 1.78. The average molecular weight is 450 g/mol. The molecule has 0 bridgehead atoms. The van der Waals surface area contributed by atoms with E-state index in [1.807, 2.05) is 0 Å². The fourth-order valence-corrected chi connectivity index (χ4v) is 5.00. The number of rotatable bonds is 6. The van der Waals surface area contributed by atoms with Gasteiger partial charge in [-0.25, -0.2) is 9.67 Å². The maximum atomic E-state index is 13.2. The monoisotopic (exact) mass is 449 g/mol. The van der Waals surface area contributed by atoms with Gasteiger partial charge >= 0.3 is 0 Å². The van der Waals surface area contributed by atoms with Gasteiger partial charge in [0.2, 0.25) is 11.8 Å². The molecule has 8 nitrogen and oxygen atoms in total. The van der Waals surface area contributed by atoms with E-state index in [1.165, 1.54) is 11.6 Å². The average Bonchev–Trinajstić information content (AvgIpc) is 3.49. The van der Waals surface area contributed by atoms with Crippen LogP contribution in [-0.2, 0) is 16.1 Å². The van der Waals surface area contributed by atoms with Crippen LogP contribution in [-0.4, -0.2) is 60.2 Å². The van der Waals surface area contributed by atoms with E-state index in [9.17, 15) is 14.4 Å². The van der Waals surface area contributed by atoms with Gasteiger partial charge in [0.05, 0.1) is 5.39 Å². The van der Waals surface area contributed by atoms with Gasteiger partial charge in [0.25, 0.3) is 0 Å². The molecule has 10 heteroatoms. The molecule has 3 aliphatic rings. The number of ketones is 1. The van der Waals surface area contributed by atoms with E-state index in [0.29, 0.717) is 42.0 Å². The van der Waals surface area contributed by atoms with Gasteiger partial charge < -0.3 is 10.2 Å². The number of pyridine rings is 1. The van der Waals surface area contributed by atoms with Crippen molar-refractivity contribution in [2.75, 3.05) is 6.54 Å². The summed E-state index contributed by atoms with van der Waals surface area (Å²) in [5.74, 6) is -0.128. The second kappa shape index (κ2) is 6.92. The summed E-state index contributed by atoms with van der Waals surface area (Å²) in [7, 11) is 0. The zero-order valence-corrected chi connectivity index (χ0v) is 17.9. The zero-order chi connectivity index (χ0) is 21.2. The van der Waals surface area contributed by atoms with Crippen molar-refractivity contribution in [1.82, 2.24) is 25.0 Å². The molecule has 0 unspecified atom stereocenters. The number of piperidine rings is 1. The lowest BCUT2D eigenvalue weighted by atomic mass is 10.1.